The van der Waals surface area contributed by atoms with Crippen molar-refractivity contribution < 1.29 is 19.0 Å². The number of thiazole rings is 1. The number of aromatic nitrogens is 1. The molecule has 4 aromatic rings. The number of para-hydroxylation sites is 1. The molecule has 0 saturated carbocycles. The first-order chi connectivity index (χ1) is 14.8. The van der Waals surface area contributed by atoms with Crippen LogP contribution in [0.3, 0.4) is 0 Å². The molecule has 0 aliphatic rings. The molecule has 1 aromatic heterocycles. The highest BCUT2D eigenvalue weighted by molar-refractivity contribution is 7.22. The zero-order valence-corrected chi connectivity index (χ0v) is 18.4. The number of hydrogen-bond donors (Lipinski definition) is 1. The van der Waals surface area contributed by atoms with E-state index < -0.39 is 18.0 Å². The number of halogens is 3. The molecule has 1 unspecified atom stereocenters. The zero-order valence-electron chi connectivity index (χ0n) is 16.1. The van der Waals surface area contributed by atoms with Gasteiger partial charge in [0.1, 0.15) is 17.7 Å². The first kappa shape index (κ1) is 21.4. The second-order valence-corrected chi connectivity index (χ2v) is 8.39. The van der Waals surface area contributed by atoms with Crippen LogP contribution in [0, 0.1) is 5.82 Å². The molecule has 5 nitrogen and oxygen atoms in total. The SMILES string of the molecule is CC(Oc1ccc2nc(N(C(=O)O)c3ccccc3)sc2c1)c1c(Cl)ccc(F)c1Cl. The van der Waals surface area contributed by atoms with E-state index in [0.717, 1.165) is 9.60 Å². The van der Waals surface area contributed by atoms with Gasteiger partial charge in [-0.25, -0.2) is 19.1 Å². The van der Waals surface area contributed by atoms with Gasteiger partial charge in [-0.1, -0.05) is 52.7 Å². The predicted octanol–water partition coefficient (Wildman–Crippen LogP) is 7.70. The topological polar surface area (TPSA) is 62.7 Å². The number of anilines is 2. The van der Waals surface area contributed by atoms with Gasteiger partial charge in [-0.2, -0.15) is 0 Å². The van der Waals surface area contributed by atoms with Crippen LogP contribution in [0.15, 0.2) is 60.7 Å². The summed E-state index contributed by atoms with van der Waals surface area (Å²) in [4.78, 5) is 17.4. The summed E-state index contributed by atoms with van der Waals surface area (Å²) < 4.78 is 20.5. The standard InChI is InChI=1S/C22H15Cl2FN2O3S/c1-12(19-15(23)8-9-16(25)20(19)24)30-14-7-10-17-18(11-14)31-21(26-17)27(22(28)29)13-5-3-2-4-6-13/h2-12H,1H3,(H,28,29). The lowest BCUT2D eigenvalue weighted by atomic mass is 10.1. The molecule has 1 atom stereocenters. The van der Waals surface area contributed by atoms with Crippen molar-refractivity contribution in [3.63, 3.8) is 0 Å². The minimum absolute atomic E-state index is 0.0823. The minimum atomic E-state index is -1.13. The van der Waals surface area contributed by atoms with E-state index in [1.54, 1.807) is 49.4 Å². The van der Waals surface area contributed by atoms with Crippen LogP contribution < -0.4 is 9.64 Å². The summed E-state index contributed by atoms with van der Waals surface area (Å²) in [5.74, 6) is -0.0816. The van der Waals surface area contributed by atoms with E-state index in [9.17, 15) is 14.3 Å². The van der Waals surface area contributed by atoms with Crippen molar-refractivity contribution >= 4 is 61.7 Å². The average Bonchev–Trinajstić information content (AvgIpc) is 3.14. The molecule has 0 aliphatic heterocycles. The Morgan fingerprint density at radius 3 is 2.61 bits per heavy atom. The fourth-order valence-electron chi connectivity index (χ4n) is 3.12. The number of carboxylic acid groups (broad SMARTS) is 1. The van der Waals surface area contributed by atoms with E-state index in [4.69, 9.17) is 27.9 Å². The molecule has 1 N–H and O–H groups in total. The fraction of sp³-hybridized carbons (Fsp3) is 0.0909. The highest BCUT2D eigenvalue weighted by atomic mass is 35.5. The maximum atomic E-state index is 13.8. The summed E-state index contributed by atoms with van der Waals surface area (Å²) in [5, 5.41) is 10.2. The number of hydrogen-bond acceptors (Lipinski definition) is 4. The molecule has 0 aliphatic carbocycles. The van der Waals surface area contributed by atoms with Crippen LogP contribution in [0.1, 0.15) is 18.6 Å². The molecular formula is C22H15Cl2FN2O3S. The Bertz CT molecular complexity index is 1270. The van der Waals surface area contributed by atoms with E-state index >= 15 is 0 Å². The van der Waals surface area contributed by atoms with Crippen molar-refractivity contribution in [2.24, 2.45) is 0 Å². The first-order valence-corrected chi connectivity index (χ1v) is 10.7. The highest BCUT2D eigenvalue weighted by Gasteiger charge is 2.22. The Kier molecular flexibility index (Phi) is 6.00. The second-order valence-electron chi connectivity index (χ2n) is 6.60. The van der Waals surface area contributed by atoms with Gasteiger partial charge >= 0.3 is 6.09 Å². The molecule has 1 amide bonds. The lowest BCUT2D eigenvalue weighted by Crippen LogP contribution is -2.23. The van der Waals surface area contributed by atoms with Crippen molar-refractivity contribution in [3.8, 4) is 5.75 Å². The molecule has 9 heteroatoms. The monoisotopic (exact) mass is 476 g/mol. The van der Waals surface area contributed by atoms with Crippen LogP contribution in [-0.4, -0.2) is 16.2 Å². The number of nitrogens with zero attached hydrogens (tertiary/aromatic N) is 2. The number of ether oxygens (including phenoxy) is 1. The molecule has 4 rings (SSSR count). The summed E-state index contributed by atoms with van der Waals surface area (Å²) in [6.07, 6.45) is -1.74. The summed E-state index contributed by atoms with van der Waals surface area (Å²) >= 11 is 13.5. The number of fused-ring (bicyclic) bond motifs is 1. The van der Waals surface area contributed by atoms with E-state index in [2.05, 4.69) is 4.98 Å². The predicted molar refractivity (Wildman–Crippen MR) is 122 cm³/mol. The molecule has 1 heterocycles. The maximum absolute atomic E-state index is 13.8. The fourth-order valence-corrected chi connectivity index (χ4v) is 4.81. The Labute approximate surface area is 191 Å². The molecule has 0 fully saturated rings. The van der Waals surface area contributed by atoms with Gasteiger partial charge in [-0.05, 0) is 49.4 Å². The van der Waals surface area contributed by atoms with Crippen LogP contribution in [0.25, 0.3) is 10.2 Å². The third-order valence-corrected chi connectivity index (χ3v) is 6.26. The van der Waals surface area contributed by atoms with Crippen LogP contribution >= 0.6 is 34.5 Å². The Balaban J connectivity index is 1.65. The number of rotatable bonds is 5. The lowest BCUT2D eigenvalue weighted by Gasteiger charge is -2.18. The third-order valence-electron chi connectivity index (χ3n) is 4.54. The van der Waals surface area contributed by atoms with Crippen molar-refractivity contribution in [1.29, 1.82) is 0 Å². The molecule has 158 valence electrons. The molecule has 0 spiro atoms. The summed E-state index contributed by atoms with van der Waals surface area (Å²) in [6, 6.07) is 16.5. The van der Waals surface area contributed by atoms with E-state index in [-0.39, 0.29) is 5.02 Å². The van der Waals surface area contributed by atoms with Gasteiger partial charge in [-0.15, -0.1) is 0 Å². The zero-order chi connectivity index (χ0) is 22.1. The van der Waals surface area contributed by atoms with Crippen LogP contribution in [-0.2, 0) is 0 Å². The van der Waals surface area contributed by atoms with Crippen LogP contribution in [0.2, 0.25) is 10.0 Å². The summed E-state index contributed by atoms with van der Waals surface area (Å²) in [5.41, 5.74) is 1.48. The Morgan fingerprint density at radius 1 is 1.16 bits per heavy atom. The van der Waals surface area contributed by atoms with Gasteiger partial charge in [0.05, 0.1) is 20.9 Å². The number of carbonyl (C=O) groups is 1. The number of amides is 1. The first-order valence-electron chi connectivity index (χ1n) is 9.14. The minimum Gasteiger partial charge on any atom is -0.486 e. The van der Waals surface area contributed by atoms with Crippen LogP contribution in [0.4, 0.5) is 20.0 Å². The van der Waals surface area contributed by atoms with E-state index in [1.165, 1.54) is 23.5 Å². The molecule has 0 saturated heterocycles. The molecule has 3 aromatic carbocycles. The summed E-state index contributed by atoms with van der Waals surface area (Å²) in [7, 11) is 0. The molecule has 0 radical (unpaired) electrons. The van der Waals surface area contributed by atoms with Gasteiger partial charge in [0.15, 0.2) is 0 Å². The lowest BCUT2D eigenvalue weighted by molar-refractivity contribution is 0.205. The second kappa shape index (κ2) is 8.70. The van der Waals surface area contributed by atoms with Crippen molar-refractivity contribution in [3.05, 3.63) is 82.1 Å². The van der Waals surface area contributed by atoms with Gasteiger partial charge in [0.25, 0.3) is 0 Å². The van der Waals surface area contributed by atoms with Crippen LogP contribution in [0.5, 0.6) is 5.75 Å². The molecule has 0 bridgehead atoms. The highest BCUT2D eigenvalue weighted by Crippen LogP contribution is 2.38. The van der Waals surface area contributed by atoms with Gasteiger partial charge in [-0.3, -0.25) is 0 Å². The Hall–Kier alpha value is -2.87. The van der Waals surface area contributed by atoms with Gasteiger partial charge < -0.3 is 9.84 Å². The van der Waals surface area contributed by atoms with E-state index in [1.807, 2.05) is 6.07 Å². The maximum Gasteiger partial charge on any atom is 0.418 e. The third kappa shape index (κ3) is 4.30. The van der Waals surface area contributed by atoms with Crippen molar-refractivity contribution in [2.45, 2.75) is 13.0 Å². The molecular weight excluding hydrogens is 462 g/mol. The van der Waals surface area contributed by atoms with Gasteiger partial charge in [0.2, 0.25) is 5.13 Å². The van der Waals surface area contributed by atoms with E-state index in [0.29, 0.717) is 32.7 Å². The largest absolute Gasteiger partial charge is 0.486 e. The normalized spacial score (nSPS) is 12.0. The number of benzene rings is 3. The summed E-state index contributed by atoms with van der Waals surface area (Å²) in [6.45, 7) is 1.72. The molecule has 31 heavy (non-hydrogen) atoms. The Morgan fingerprint density at radius 2 is 1.90 bits per heavy atom. The van der Waals surface area contributed by atoms with Crippen molar-refractivity contribution in [2.75, 3.05) is 4.90 Å². The van der Waals surface area contributed by atoms with Crippen molar-refractivity contribution in [1.82, 2.24) is 4.98 Å². The average molecular weight is 477 g/mol. The quantitative estimate of drug-likeness (QED) is 0.299. The van der Waals surface area contributed by atoms with Gasteiger partial charge in [0, 0.05) is 10.6 Å². The smallest absolute Gasteiger partial charge is 0.418 e.